The van der Waals surface area contributed by atoms with Crippen molar-refractivity contribution in [1.29, 1.82) is 0 Å². The lowest BCUT2D eigenvalue weighted by Gasteiger charge is -2.33. The van der Waals surface area contributed by atoms with Gasteiger partial charge in [-0.1, -0.05) is 0 Å². The molecule has 0 radical (unpaired) electrons. The maximum atomic E-state index is 12.7. The normalized spacial score (nSPS) is 15.6. The Bertz CT molecular complexity index is 971. The summed E-state index contributed by atoms with van der Waals surface area (Å²) in [6.45, 7) is 4.51. The Morgan fingerprint density at radius 3 is 2.29 bits per heavy atom. The largest absolute Gasteiger partial charge is 0.452 e. The van der Waals surface area contributed by atoms with E-state index in [1.165, 1.54) is 20.5 Å². The van der Waals surface area contributed by atoms with Crippen LogP contribution in [0.5, 0.6) is 0 Å². The molecule has 0 N–H and O–H groups in total. The molecule has 0 atom stereocenters. The molecular formula is C18H23N3O5S2. The summed E-state index contributed by atoms with van der Waals surface area (Å²) in [5.41, 5.74) is 1.31. The van der Waals surface area contributed by atoms with E-state index in [2.05, 4.69) is 0 Å². The van der Waals surface area contributed by atoms with Crippen molar-refractivity contribution in [1.82, 2.24) is 13.8 Å². The predicted molar refractivity (Wildman–Crippen MR) is 106 cm³/mol. The summed E-state index contributed by atoms with van der Waals surface area (Å²) in [6, 6.07) is 3.75. The number of hydrogen-bond acceptors (Lipinski definition) is 6. The molecule has 3 rings (SSSR count). The number of rotatable bonds is 5. The van der Waals surface area contributed by atoms with Gasteiger partial charge in [0.15, 0.2) is 6.61 Å². The molecule has 0 unspecified atom stereocenters. The van der Waals surface area contributed by atoms with Gasteiger partial charge in [0.1, 0.15) is 5.00 Å². The third-order valence-electron chi connectivity index (χ3n) is 4.80. The number of hydrogen-bond donors (Lipinski definition) is 0. The van der Waals surface area contributed by atoms with E-state index < -0.39 is 16.0 Å². The topological polar surface area (TPSA) is 88.9 Å². The fourth-order valence-electron chi connectivity index (χ4n) is 3.06. The molecule has 8 nitrogen and oxygen atoms in total. The molecular weight excluding hydrogens is 402 g/mol. The number of carbonyl (C=O) groups excluding carboxylic acids is 2. The monoisotopic (exact) mass is 425 g/mol. The highest BCUT2D eigenvalue weighted by atomic mass is 32.2. The lowest BCUT2D eigenvalue weighted by molar-refractivity contribution is -0.135. The van der Waals surface area contributed by atoms with Crippen LogP contribution in [0.4, 0.5) is 0 Å². The van der Waals surface area contributed by atoms with Gasteiger partial charge in [0.25, 0.3) is 5.91 Å². The third kappa shape index (κ3) is 4.29. The Balaban J connectivity index is 1.63. The number of thiophene rings is 1. The first-order valence-electron chi connectivity index (χ1n) is 8.82. The van der Waals surface area contributed by atoms with E-state index in [1.54, 1.807) is 0 Å². The first kappa shape index (κ1) is 20.6. The summed E-state index contributed by atoms with van der Waals surface area (Å²) >= 11 is 1.50. The average Bonchev–Trinajstić information content (AvgIpc) is 3.28. The predicted octanol–water partition coefficient (Wildman–Crippen LogP) is 1.42. The van der Waals surface area contributed by atoms with E-state index in [-0.39, 0.29) is 38.7 Å². The molecule has 1 fully saturated rings. The van der Waals surface area contributed by atoms with Crippen molar-refractivity contribution < 1.29 is 22.7 Å². The van der Waals surface area contributed by atoms with Crippen molar-refractivity contribution in [2.24, 2.45) is 0 Å². The summed E-state index contributed by atoms with van der Waals surface area (Å²) in [6.07, 6.45) is 4.86. The van der Waals surface area contributed by atoms with E-state index in [4.69, 9.17) is 4.74 Å². The molecule has 0 aromatic carbocycles. The number of aromatic nitrogens is 1. The van der Waals surface area contributed by atoms with Crippen LogP contribution in [0, 0.1) is 13.8 Å². The quantitative estimate of drug-likeness (QED) is 0.676. The number of piperazine rings is 1. The molecule has 1 saturated heterocycles. The highest BCUT2D eigenvalue weighted by molar-refractivity contribution is 7.88. The minimum atomic E-state index is -3.26. The summed E-state index contributed by atoms with van der Waals surface area (Å²) in [7, 11) is -3.26. The van der Waals surface area contributed by atoms with Crippen molar-refractivity contribution in [3.8, 4) is 5.00 Å². The van der Waals surface area contributed by atoms with Gasteiger partial charge in [-0.05, 0) is 31.5 Å². The fraction of sp³-hybridized carbons (Fsp3) is 0.444. The summed E-state index contributed by atoms with van der Waals surface area (Å²) in [4.78, 5) is 27.6. The van der Waals surface area contributed by atoms with Crippen LogP contribution >= 0.6 is 11.3 Å². The Kier molecular flexibility index (Phi) is 5.92. The molecule has 2 aromatic heterocycles. The molecule has 0 aliphatic carbocycles. The zero-order valence-electron chi connectivity index (χ0n) is 16.0. The van der Waals surface area contributed by atoms with Gasteiger partial charge >= 0.3 is 5.97 Å². The molecule has 2 aromatic rings. The van der Waals surface area contributed by atoms with Crippen molar-refractivity contribution in [3.63, 3.8) is 0 Å². The number of amides is 1. The SMILES string of the molecule is Cc1sc(-n2cccc2)c(C(=O)OCC(=O)N2CCN(S(C)(=O)=O)CC2)c1C. The standard InChI is InChI=1S/C18H23N3O5S2/c1-13-14(2)27-17(20-6-4-5-7-20)16(13)18(23)26-12-15(22)19-8-10-21(11-9-19)28(3,24)25/h4-7H,8-12H2,1-3H3. The van der Waals surface area contributed by atoms with Gasteiger partial charge < -0.3 is 14.2 Å². The van der Waals surface area contributed by atoms with Crippen LogP contribution in [0.1, 0.15) is 20.8 Å². The number of esters is 1. The van der Waals surface area contributed by atoms with Gasteiger partial charge in [-0.2, -0.15) is 4.31 Å². The highest BCUT2D eigenvalue weighted by Gasteiger charge is 2.27. The van der Waals surface area contributed by atoms with Crippen molar-refractivity contribution in [3.05, 3.63) is 40.5 Å². The molecule has 1 aliphatic rings. The average molecular weight is 426 g/mol. The zero-order valence-corrected chi connectivity index (χ0v) is 17.7. The number of sulfonamides is 1. The number of nitrogens with zero attached hydrogens (tertiary/aromatic N) is 3. The molecule has 0 bridgehead atoms. The van der Waals surface area contributed by atoms with Crippen LogP contribution < -0.4 is 0 Å². The van der Waals surface area contributed by atoms with Crippen LogP contribution in [0.25, 0.3) is 5.00 Å². The minimum absolute atomic E-state index is 0.249. The third-order valence-corrected chi connectivity index (χ3v) is 7.32. The number of aryl methyl sites for hydroxylation is 1. The first-order valence-corrected chi connectivity index (χ1v) is 11.5. The number of carbonyl (C=O) groups is 2. The van der Waals surface area contributed by atoms with Crippen LogP contribution in [0.15, 0.2) is 24.5 Å². The molecule has 3 heterocycles. The lowest BCUT2D eigenvalue weighted by atomic mass is 10.1. The van der Waals surface area contributed by atoms with Crippen LogP contribution in [-0.4, -0.2) is 73.1 Å². The van der Waals surface area contributed by atoms with E-state index in [0.29, 0.717) is 5.56 Å². The molecule has 0 spiro atoms. The second-order valence-corrected chi connectivity index (χ2v) is 9.86. The molecule has 0 saturated carbocycles. The molecule has 28 heavy (non-hydrogen) atoms. The molecule has 152 valence electrons. The van der Waals surface area contributed by atoms with Gasteiger partial charge in [-0.25, -0.2) is 13.2 Å². The minimum Gasteiger partial charge on any atom is -0.452 e. The van der Waals surface area contributed by atoms with E-state index >= 15 is 0 Å². The molecule has 10 heteroatoms. The van der Waals surface area contributed by atoms with E-state index in [1.807, 2.05) is 42.9 Å². The maximum Gasteiger partial charge on any atom is 0.341 e. The van der Waals surface area contributed by atoms with Gasteiger partial charge in [0.2, 0.25) is 10.0 Å². The maximum absolute atomic E-state index is 12.7. The smallest absolute Gasteiger partial charge is 0.341 e. The second kappa shape index (κ2) is 8.06. The molecule has 1 aliphatic heterocycles. The highest BCUT2D eigenvalue weighted by Crippen LogP contribution is 2.31. The van der Waals surface area contributed by atoms with Gasteiger partial charge in [0.05, 0.1) is 11.8 Å². The van der Waals surface area contributed by atoms with Crippen molar-refractivity contribution in [2.75, 3.05) is 39.0 Å². The Morgan fingerprint density at radius 1 is 1.11 bits per heavy atom. The van der Waals surface area contributed by atoms with Crippen LogP contribution in [-0.2, 0) is 19.6 Å². The first-order chi connectivity index (χ1) is 13.2. The lowest BCUT2D eigenvalue weighted by Crippen LogP contribution is -2.51. The van der Waals surface area contributed by atoms with Gasteiger partial charge in [-0.15, -0.1) is 11.3 Å². The van der Waals surface area contributed by atoms with Gasteiger partial charge in [-0.3, -0.25) is 4.79 Å². The Morgan fingerprint density at radius 2 is 1.71 bits per heavy atom. The summed E-state index contributed by atoms with van der Waals surface area (Å²) in [5, 5.41) is 0.763. The summed E-state index contributed by atoms with van der Waals surface area (Å²) < 4.78 is 31.6. The zero-order chi connectivity index (χ0) is 20.5. The Hall–Kier alpha value is -2.17. The van der Waals surface area contributed by atoms with Gasteiger partial charge in [0, 0.05) is 43.4 Å². The number of ether oxygens (including phenoxy) is 1. The fourth-order valence-corrected chi connectivity index (χ4v) is 5.00. The van der Waals surface area contributed by atoms with Crippen molar-refractivity contribution in [2.45, 2.75) is 13.8 Å². The van der Waals surface area contributed by atoms with Crippen LogP contribution in [0.3, 0.4) is 0 Å². The van der Waals surface area contributed by atoms with E-state index in [9.17, 15) is 18.0 Å². The van der Waals surface area contributed by atoms with Crippen molar-refractivity contribution >= 4 is 33.2 Å². The van der Waals surface area contributed by atoms with Crippen LogP contribution in [0.2, 0.25) is 0 Å². The molecule has 1 amide bonds. The second-order valence-electron chi connectivity index (χ2n) is 6.67. The Labute approximate surface area is 168 Å². The summed E-state index contributed by atoms with van der Waals surface area (Å²) in [5.74, 6) is -0.859. The van der Waals surface area contributed by atoms with E-state index in [0.717, 1.165) is 21.7 Å².